The summed E-state index contributed by atoms with van der Waals surface area (Å²) in [6.45, 7) is 1.40. The molecular weight excluding hydrogens is 496 g/mol. The predicted molar refractivity (Wildman–Crippen MR) is 133 cm³/mol. The van der Waals surface area contributed by atoms with E-state index >= 15 is 0 Å². The van der Waals surface area contributed by atoms with Crippen LogP contribution >= 0.6 is 23.2 Å². The van der Waals surface area contributed by atoms with Crippen LogP contribution in [0, 0.1) is 11.7 Å². The van der Waals surface area contributed by atoms with Gasteiger partial charge in [0.05, 0.1) is 16.9 Å². The number of carbonyl (C=O) groups is 1. The molecule has 1 aromatic carbocycles. The first kappa shape index (κ1) is 24.0. The number of primary amides is 1. The molecule has 0 radical (unpaired) electrons. The molecule has 0 unspecified atom stereocenters. The smallest absolute Gasteiger partial charge is 0.224 e. The SMILES string of the molecule is NC(=O)[C@H]1CC[C@H](n2c(Nc3ccc(Cl)c(F)c3Cl)nc3cnc(NC4CCOCC4)nc32)CC1. The van der Waals surface area contributed by atoms with Gasteiger partial charge in [0, 0.05) is 31.2 Å². The molecule has 0 bridgehead atoms. The Morgan fingerprint density at radius 2 is 1.86 bits per heavy atom. The summed E-state index contributed by atoms with van der Waals surface area (Å²) in [4.78, 5) is 25.6. The van der Waals surface area contributed by atoms with Crippen LogP contribution in [0.15, 0.2) is 18.3 Å². The average Bonchev–Trinajstić information content (AvgIpc) is 3.22. The molecule has 3 heterocycles. The standard InChI is InChI=1S/C23H26Cl2FN7O2/c24-15-5-6-16(18(25)19(15)26)30-23-31-17-11-28-22(29-13-7-9-35-10-8-13)32-21(17)33(23)14-3-1-12(2-4-14)20(27)34/h5-6,11-14H,1-4,7-10H2,(H2,27,34)(H,30,31)(H,28,29,32)/t12-,14-. The topological polar surface area (TPSA) is 120 Å². The molecule has 2 fully saturated rings. The zero-order valence-electron chi connectivity index (χ0n) is 18.9. The van der Waals surface area contributed by atoms with Crippen molar-refractivity contribution >= 4 is 57.9 Å². The highest BCUT2D eigenvalue weighted by molar-refractivity contribution is 6.36. The van der Waals surface area contributed by atoms with Crippen molar-refractivity contribution in [1.29, 1.82) is 0 Å². The molecule has 2 aromatic heterocycles. The van der Waals surface area contributed by atoms with Crippen LogP contribution in [0.25, 0.3) is 11.2 Å². The molecule has 35 heavy (non-hydrogen) atoms. The zero-order chi connectivity index (χ0) is 24.5. The van der Waals surface area contributed by atoms with Crippen molar-refractivity contribution in [2.45, 2.75) is 50.6 Å². The molecule has 1 aliphatic carbocycles. The second-order valence-corrected chi connectivity index (χ2v) is 9.78. The van der Waals surface area contributed by atoms with Crippen molar-refractivity contribution < 1.29 is 13.9 Å². The molecule has 186 valence electrons. The quantitative estimate of drug-likeness (QED) is 0.397. The first-order chi connectivity index (χ1) is 16.9. The number of aromatic nitrogens is 4. The summed E-state index contributed by atoms with van der Waals surface area (Å²) in [5.74, 6) is -0.142. The van der Waals surface area contributed by atoms with Gasteiger partial charge >= 0.3 is 0 Å². The Morgan fingerprint density at radius 1 is 1.11 bits per heavy atom. The Bertz CT molecular complexity index is 1240. The number of anilines is 3. The van der Waals surface area contributed by atoms with E-state index in [1.165, 1.54) is 6.07 Å². The summed E-state index contributed by atoms with van der Waals surface area (Å²) in [5.41, 5.74) is 7.11. The minimum absolute atomic E-state index is 0.0138. The van der Waals surface area contributed by atoms with E-state index in [2.05, 4.69) is 15.6 Å². The lowest BCUT2D eigenvalue weighted by Gasteiger charge is -2.29. The Hall–Kier alpha value is -2.69. The second-order valence-electron chi connectivity index (χ2n) is 8.99. The van der Waals surface area contributed by atoms with Crippen molar-refractivity contribution in [3.05, 3.63) is 34.2 Å². The first-order valence-corrected chi connectivity index (χ1v) is 12.5. The summed E-state index contributed by atoms with van der Waals surface area (Å²) >= 11 is 12.1. The number of carbonyl (C=O) groups excluding carboxylic acids is 1. The predicted octanol–water partition coefficient (Wildman–Crippen LogP) is 4.82. The van der Waals surface area contributed by atoms with Crippen LogP contribution in [-0.4, -0.2) is 44.7 Å². The molecule has 3 aromatic rings. The number of fused-ring (bicyclic) bond motifs is 1. The van der Waals surface area contributed by atoms with Gasteiger partial charge in [-0.25, -0.2) is 14.4 Å². The summed E-state index contributed by atoms with van der Waals surface area (Å²) in [6.07, 6.45) is 6.23. The number of amides is 1. The van der Waals surface area contributed by atoms with Gasteiger partial charge in [-0.05, 0) is 50.7 Å². The second kappa shape index (κ2) is 10.1. The van der Waals surface area contributed by atoms with Gasteiger partial charge in [-0.2, -0.15) is 4.98 Å². The van der Waals surface area contributed by atoms with Gasteiger partial charge < -0.3 is 21.1 Å². The van der Waals surface area contributed by atoms with Gasteiger partial charge in [0.1, 0.15) is 10.5 Å². The number of ether oxygens (including phenoxy) is 1. The van der Waals surface area contributed by atoms with Gasteiger partial charge in [-0.15, -0.1) is 0 Å². The lowest BCUT2D eigenvalue weighted by atomic mass is 9.85. The maximum Gasteiger partial charge on any atom is 0.224 e. The molecule has 0 spiro atoms. The van der Waals surface area contributed by atoms with Crippen LogP contribution in [-0.2, 0) is 9.53 Å². The number of nitrogens with two attached hydrogens (primary N) is 1. The molecule has 1 aliphatic heterocycles. The van der Waals surface area contributed by atoms with Gasteiger partial charge in [0.2, 0.25) is 17.8 Å². The normalized spacial score (nSPS) is 21.2. The Balaban J connectivity index is 1.51. The van der Waals surface area contributed by atoms with E-state index in [-0.39, 0.29) is 34.0 Å². The Morgan fingerprint density at radius 3 is 2.57 bits per heavy atom. The third-order valence-corrected chi connectivity index (χ3v) is 7.39. The Kier molecular flexibility index (Phi) is 6.95. The number of halogens is 3. The number of benzene rings is 1. The van der Waals surface area contributed by atoms with Crippen LogP contribution in [0.4, 0.5) is 22.0 Å². The zero-order valence-corrected chi connectivity index (χ0v) is 20.4. The summed E-state index contributed by atoms with van der Waals surface area (Å²) in [6, 6.07) is 3.29. The molecule has 5 rings (SSSR count). The highest BCUT2D eigenvalue weighted by Crippen LogP contribution is 2.38. The highest BCUT2D eigenvalue weighted by Gasteiger charge is 2.29. The van der Waals surface area contributed by atoms with Gasteiger partial charge in [-0.3, -0.25) is 9.36 Å². The fourth-order valence-electron chi connectivity index (χ4n) is 4.78. The fraction of sp³-hybridized carbons (Fsp3) is 0.478. The molecule has 2 aliphatic rings. The molecule has 1 saturated heterocycles. The third kappa shape index (κ3) is 5.00. The summed E-state index contributed by atoms with van der Waals surface area (Å²) in [7, 11) is 0. The Labute approximate surface area is 211 Å². The highest BCUT2D eigenvalue weighted by atomic mass is 35.5. The van der Waals surface area contributed by atoms with Crippen molar-refractivity contribution in [3.8, 4) is 0 Å². The molecule has 9 nitrogen and oxygen atoms in total. The van der Waals surface area contributed by atoms with Crippen LogP contribution in [0.2, 0.25) is 10.0 Å². The van der Waals surface area contributed by atoms with E-state index in [1.54, 1.807) is 12.3 Å². The van der Waals surface area contributed by atoms with E-state index in [1.807, 2.05) is 4.57 Å². The number of rotatable bonds is 6. The number of hydrogen-bond acceptors (Lipinski definition) is 7. The van der Waals surface area contributed by atoms with E-state index in [9.17, 15) is 9.18 Å². The van der Waals surface area contributed by atoms with E-state index < -0.39 is 5.82 Å². The maximum absolute atomic E-state index is 14.3. The van der Waals surface area contributed by atoms with Crippen molar-refractivity contribution in [2.24, 2.45) is 11.7 Å². The van der Waals surface area contributed by atoms with Crippen molar-refractivity contribution in [1.82, 2.24) is 19.5 Å². The van der Waals surface area contributed by atoms with Crippen LogP contribution in [0.5, 0.6) is 0 Å². The summed E-state index contributed by atoms with van der Waals surface area (Å²) < 4.78 is 21.8. The van der Waals surface area contributed by atoms with Gasteiger partial charge in [0.25, 0.3) is 0 Å². The first-order valence-electron chi connectivity index (χ1n) is 11.7. The van der Waals surface area contributed by atoms with Crippen molar-refractivity contribution in [3.63, 3.8) is 0 Å². The molecule has 0 atom stereocenters. The van der Waals surface area contributed by atoms with Crippen LogP contribution in [0.1, 0.15) is 44.6 Å². The molecular formula is C23H26Cl2FN7O2. The van der Waals surface area contributed by atoms with E-state index in [0.29, 0.717) is 54.8 Å². The number of imidazole rings is 1. The number of hydrogen-bond donors (Lipinski definition) is 3. The fourth-order valence-corrected chi connectivity index (χ4v) is 5.20. The van der Waals surface area contributed by atoms with E-state index in [4.69, 9.17) is 43.6 Å². The maximum atomic E-state index is 14.3. The molecule has 12 heteroatoms. The summed E-state index contributed by atoms with van der Waals surface area (Å²) in [5, 5.41) is 6.37. The van der Waals surface area contributed by atoms with Gasteiger partial charge in [0.15, 0.2) is 11.5 Å². The van der Waals surface area contributed by atoms with Crippen LogP contribution < -0.4 is 16.4 Å². The largest absolute Gasteiger partial charge is 0.381 e. The molecule has 1 saturated carbocycles. The van der Waals surface area contributed by atoms with Gasteiger partial charge in [-0.1, -0.05) is 23.2 Å². The van der Waals surface area contributed by atoms with Crippen LogP contribution in [0.3, 0.4) is 0 Å². The average molecular weight is 522 g/mol. The number of nitrogens with zero attached hydrogens (tertiary/aromatic N) is 4. The number of nitrogens with one attached hydrogen (secondary N) is 2. The molecule has 1 amide bonds. The minimum Gasteiger partial charge on any atom is -0.381 e. The molecule has 4 N–H and O–H groups in total. The van der Waals surface area contributed by atoms with Crippen molar-refractivity contribution in [2.75, 3.05) is 23.8 Å². The minimum atomic E-state index is -0.703. The van der Waals surface area contributed by atoms with E-state index in [0.717, 1.165) is 25.7 Å². The third-order valence-electron chi connectivity index (χ3n) is 6.73. The lowest BCUT2D eigenvalue weighted by Crippen LogP contribution is -2.29. The lowest BCUT2D eigenvalue weighted by molar-refractivity contribution is -0.122. The monoisotopic (exact) mass is 521 g/mol.